The Kier molecular flexibility index (Phi) is 6.23. The van der Waals surface area contributed by atoms with Crippen LogP contribution in [-0.2, 0) is 13.0 Å². The molecule has 4 N–H and O–H groups in total. The summed E-state index contributed by atoms with van der Waals surface area (Å²) in [7, 11) is 0. The molecule has 2 aromatic rings. The van der Waals surface area contributed by atoms with E-state index in [0.29, 0.717) is 12.1 Å². The number of nitrogens with one attached hydrogen (secondary N) is 2. The molecule has 1 heterocycles. The second-order valence-electron chi connectivity index (χ2n) is 5.01. The summed E-state index contributed by atoms with van der Waals surface area (Å²) < 4.78 is 5.30. The third-order valence-electron chi connectivity index (χ3n) is 3.25. The lowest BCUT2D eigenvalue weighted by Crippen LogP contribution is -2.38. The van der Waals surface area contributed by atoms with Crippen molar-refractivity contribution in [3.05, 3.63) is 59.5 Å². The van der Waals surface area contributed by atoms with Crippen molar-refractivity contribution in [2.45, 2.75) is 19.9 Å². The Bertz CT molecular complexity index is 633. The molecule has 0 unspecified atom stereocenters. The van der Waals surface area contributed by atoms with Crippen molar-refractivity contribution in [1.29, 1.82) is 0 Å². The summed E-state index contributed by atoms with van der Waals surface area (Å²) in [5.74, 6) is 1.27. The number of aliphatic imine (C=N–C) groups is 1. The SMILES string of the molecule is CCNC(=NCc1ccc(C(N)=O)cc1)NCCc1ccco1. The monoisotopic (exact) mass is 314 g/mol. The Hall–Kier alpha value is -2.76. The van der Waals surface area contributed by atoms with Gasteiger partial charge in [-0.25, -0.2) is 4.99 Å². The van der Waals surface area contributed by atoms with Gasteiger partial charge in [0.05, 0.1) is 12.8 Å². The van der Waals surface area contributed by atoms with E-state index >= 15 is 0 Å². The minimum Gasteiger partial charge on any atom is -0.469 e. The molecule has 2 rings (SSSR count). The van der Waals surface area contributed by atoms with Gasteiger partial charge in [-0.05, 0) is 36.8 Å². The molecule has 1 amide bonds. The largest absolute Gasteiger partial charge is 0.469 e. The number of hydrogen-bond acceptors (Lipinski definition) is 3. The van der Waals surface area contributed by atoms with E-state index in [-0.39, 0.29) is 0 Å². The predicted octanol–water partition coefficient (Wildman–Crippen LogP) is 1.68. The van der Waals surface area contributed by atoms with Crippen molar-refractivity contribution in [1.82, 2.24) is 10.6 Å². The van der Waals surface area contributed by atoms with Crippen molar-refractivity contribution in [2.75, 3.05) is 13.1 Å². The first-order valence-electron chi connectivity index (χ1n) is 7.62. The van der Waals surface area contributed by atoms with Crippen LogP contribution in [0.4, 0.5) is 0 Å². The molecule has 0 radical (unpaired) electrons. The van der Waals surface area contributed by atoms with Gasteiger partial charge in [-0.1, -0.05) is 12.1 Å². The molecule has 0 aliphatic carbocycles. The van der Waals surface area contributed by atoms with E-state index in [0.717, 1.165) is 36.8 Å². The van der Waals surface area contributed by atoms with Gasteiger partial charge in [0.2, 0.25) is 5.91 Å². The van der Waals surface area contributed by atoms with E-state index in [1.807, 2.05) is 31.2 Å². The van der Waals surface area contributed by atoms with Crippen LogP contribution >= 0.6 is 0 Å². The fourth-order valence-corrected chi connectivity index (χ4v) is 2.05. The van der Waals surface area contributed by atoms with Crippen molar-refractivity contribution in [2.24, 2.45) is 10.7 Å². The molecule has 6 nitrogen and oxygen atoms in total. The molecular weight excluding hydrogens is 292 g/mol. The number of guanidine groups is 1. The summed E-state index contributed by atoms with van der Waals surface area (Å²) in [6, 6.07) is 11.0. The minimum atomic E-state index is -0.423. The van der Waals surface area contributed by atoms with E-state index in [1.165, 1.54) is 0 Å². The highest BCUT2D eigenvalue weighted by atomic mass is 16.3. The molecule has 0 bridgehead atoms. The first-order chi connectivity index (χ1) is 11.2. The zero-order chi connectivity index (χ0) is 16.5. The zero-order valence-corrected chi connectivity index (χ0v) is 13.2. The summed E-state index contributed by atoms with van der Waals surface area (Å²) in [6.45, 7) is 4.06. The molecule has 1 aromatic heterocycles. The second-order valence-corrected chi connectivity index (χ2v) is 5.01. The molecule has 0 aliphatic rings. The van der Waals surface area contributed by atoms with Gasteiger partial charge in [0.1, 0.15) is 5.76 Å². The van der Waals surface area contributed by atoms with Gasteiger partial charge in [0.15, 0.2) is 5.96 Å². The van der Waals surface area contributed by atoms with Crippen molar-refractivity contribution < 1.29 is 9.21 Å². The first kappa shape index (κ1) is 16.6. The van der Waals surface area contributed by atoms with Crippen LogP contribution in [0.1, 0.15) is 28.6 Å². The molecule has 0 saturated carbocycles. The maximum atomic E-state index is 11.0. The third-order valence-corrected chi connectivity index (χ3v) is 3.25. The van der Waals surface area contributed by atoms with Gasteiger partial charge in [-0.15, -0.1) is 0 Å². The number of hydrogen-bond donors (Lipinski definition) is 3. The van der Waals surface area contributed by atoms with E-state index in [4.69, 9.17) is 10.2 Å². The maximum absolute atomic E-state index is 11.0. The summed E-state index contributed by atoms with van der Waals surface area (Å²) in [6.07, 6.45) is 2.47. The van der Waals surface area contributed by atoms with Gasteiger partial charge >= 0.3 is 0 Å². The fourth-order valence-electron chi connectivity index (χ4n) is 2.05. The van der Waals surface area contributed by atoms with Crippen LogP contribution in [0, 0.1) is 0 Å². The number of primary amides is 1. The van der Waals surface area contributed by atoms with Crippen molar-refractivity contribution in [3.8, 4) is 0 Å². The van der Waals surface area contributed by atoms with Gasteiger partial charge in [0, 0.05) is 25.1 Å². The van der Waals surface area contributed by atoms with Crippen LogP contribution in [-0.4, -0.2) is 25.0 Å². The molecule has 6 heteroatoms. The Balaban J connectivity index is 1.88. The average Bonchev–Trinajstić information content (AvgIpc) is 3.06. The van der Waals surface area contributed by atoms with Crippen LogP contribution in [0.3, 0.4) is 0 Å². The van der Waals surface area contributed by atoms with Gasteiger partial charge < -0.3 is 20.8 Å². The number of amides is 1. The Morgan fingerprint density at radius 1 is 1.22 bits per heavy atom. The summed E-state index contributed by atoms with van der Waals surface area (Å²) in [5.41, 5.74) is 6.74. The van der Waals surface area contributed by atoms with E-state index in [2.05, 4.69) is 15.6 Å². The lowest BCUT2D eigenvalue weighted by Gasteiger charge is -2.10. The van der Waals surface area contributed by atoms with Crippen LogP contribution in [0.15, 0.2) is 52.1 Å². The van der Waals surface area contributed by atoms with E-state index in [9.17, 15) is 4.79 Å². The number of rotatable bonds is 7. The molecule has 1 aromatic carbocycles. The molecule has 0 aliphatic heterocycles. The smallest absolute Gasteiger partial charge is 0.248 e. The minimum absolute atomic E-state index is 0.423. The second kappa shape index (κ2) is 8.63. The molecule has 23 heavy (non-hydrogen) atoms. The standard InChI is InChI=1S/C17H22N4O2/c1-2-19-17(20-10-9-15-4-3-11-23-15)21-12-13-5-7-14(8-6-13)16(18)22/h3-8,11H,2,9-10,12H2,1H3,(H2,18,22)(H2,19,20,21). The van der Waals surface area contributed by atoms with Crippen LogP contribution in [0.25, 0.3) is 0 Å². The van der Waals surface area contributed by atoms with Gasteiger partial charge in [-0.3, -0.25) is 4.79 Å². The van der Waals surface area contributed by atoms with E-state index < -0.39 is 5.91 Å². The number of nitrogens with two attached hydrogens (primary N) is 1. The van der Waals surface area contributed by atoms with Gasteiger partial charge in [-0.2, -0.15) is 0 Å². The topological polar surface area (TPSA) is 92.6 Å². The molecule has 122 valence electrons. The molecule has 0 atom stereocenters. The Labute approximate surface area is 135 Å². The van der Waals surface area contributed by atoms with Crippen LogP contribution < -0.4 is 16.4 Å². The molecular formula is C17H22N4O2. The zero-order valence-electron chi connectivity index (χ0n) is 13.2. The number of furan rings is 1. The maximum Gasteiger partial charge on any atom is 0.248 e. The molecule has 0 saturated heterocycles. The molecule has 0 fully saturated rings. The number of benzene rings is 1. The van der Waals surface area contributed by atoms with Gasteiger partial charge in [0.25, 0.3) is 0 Å². The first-order valence-corrected chi connectivity index (χ1v) is 7.62. The average molecular weight is 314 g/mol. The summed E-state index contributed by atoms with van der Waals surface area (Å²) in [4.78, 5) is 15.6. The Morgan fingerprint density at radius 3 is 2.61 bits per heavy atom. The summed E-state index contributed by atoms with van der Waals surface area (Å²) >= 11 is 0. The predicted molar refractivity (Wildman–Crippen MR) is 90.2 cm³/mol. The normalized spacial score (nSPS) is 11.3. The number of nitrogens with zero attached hydrogens (tertiary/aromatic N) is 1. The van der Waals surface area contributed by atoms with Crippen molar-refractivity contribution >= 4 is 11.9 Å². The highest BCUT2D eigenvalue weighted by molar-refractivity contribution is 5.92. The van der Waals surface area contributed by atoms with E-state index in [1.54, 1.807) is 18.4 Å². The molecule has 0 spiro atoms. The number of carbonyl (C=O) groups excluding carboxylic acids is 1. The fraction of sp³-hybridized carbons (Fsp3) is 0.294. The highest BCUT2D eigenvalue weighted by Crippen LogP contribution is 2.05. The highest BCUT2D eigenvalue weighted by Gasteiger charge is 2.01. The summed E-state index contributed by atoms with van der Waals surface area (Å²) in [5, 5.41) is 6.46. The Morgan fingerprint density at radius 2 is 2.00 bits per heavy atom. The lowest BCUT2D eigenvalue weighted by molar-refractivity contribution is 0.100. The van der Waals surface area contributed by atoms with Crippen LogP contribution in [0.2, 0.25) is 0 Å². The van der Waals surface area contributed by atoms with Crippen LogP contribution in [0.5, 0.6) is 0 Å². The third kappa shape index (κ3) is 5.50. The van der Waals surface area contributed by atoms with Crippen molar-refractivity contribution in [3.63, 3.8) is 0 Å². The number of carbonyl (C=O) groups is 1. The lowest BCUT2D eigenvalue weighted by atomic mass is 10.1. The quantitative estimate of drug-likeness (QED) is 0.535.